The fraction of sp³-hybridized carbons (Fsp3) is 0. The van der Waals surface area contributed by atoms with Crippen LogP contribution in [0.4, 0.5) is 0 Å². The van der Waals surface area contributed by atoms with Gasteiger partial charge in [-0.25, -0.2) is 9.97 Å². The van der Waals surface area contributed by atoms with Crippen LogP contribution in [0.3, 0.4) is 0 Å². The first kappa shape index (κ1) is 6.98. The summed E-state index contributed by atoms with van der Waals surface area (Å²) in [6.45, 7) is 0. The highest BCUT2D eigenvalue weighted by atomic mass is 14.6. The van der Waals surface area contributed by atoms with Crippen LogP contribution >= 0.6 is 0 Å². The van der Waals surface area contributed by atoms with Gasteiger partial charge >= 0.3 is 0 Å². The molecule has 0 aliphatic rings. The minimum absolute atomic E-state index is 1.19. The molecular weight excluding hydrogens is 148 g/mol. The van der Waals surface area contributed by atoms with Crippen LogP contribution in [-0.4, -0.2) is 0 Å². The largest absolute Gasteiger partial charge is 0.217 e. The van der Waals surface area contributed by atoms with Crippen LogP contribution < -0.4 is 9.97 Å². The van der Waals surface area contributed by atoms with Crippen LogP contribution in [0.5, 0.6) is 0 Å². The third kappa shape index (κ3) is 1.32. The van der Waals surface area contributed by atoms with Crippen LogP contribution in [0.1, 0.15) is 0 Å². The molecule has 0 saturated carbocycles. The molecule has 2 heterocycles. The van der Waals surface area contributed by atoms with Crippen molar-refractivity contribution in [3.8, 4) is 11.1 Å². The summed E-state index contributed by atoms with van der Waals surface area (Å²) in [4.78, 5) is 6.09. The van der Waals surface area contributed by atoms with Gasteiger partial charge in [0.2, 0.25) is 0 Å². The number of hydrogen-bond donors (Lipinski definition) is 0. The maximum Gasteiger partial charge on any atom is 0.175 e. The zero-order chi connectivity index (χ0) is 8.23. The standard InChI is InChI=1S/C10H8N2/c1-3-9(7-11-5-1)10-4-2-6-12-8-10/h1-8H/p+2. The molecule has 0 fully saturated rings. The molecule has 0 unspecified atom stereocenters. The van der Waals surface area contributed by atoms with E-state index < -0.39 is 0 Å². The lowest BCUT2D eigenvalue weighted by Crippen LogP contribution is -2.01. The predicted octanol–water partition coefficient (Wildman–Crippen LogP) is 0.982. The van der Waals surface area contributed by atoms with Crippen molar-refractivity contribution in [1.29, 1.82) is 0 Å². The second-order valence-electron chi connectivity index (χ2n) is 2.58. The Balaban J connectivity index is 2.46. The lowest BCUT2D eigenvalue weighted by molar-refractivity contribution is -0.379. The van der Waals surface area contributed by atoms with E-state index in [1.54, 1.807) is 0 Å². The maximum absolute atomic E-state index is 3.05. The van der Waals surface area contributed by atoms with Crippen LogP contribution in [0.2, 0.25) is 0 Å². The molecule has 2 nitrogen and oxygen atoms in total. The van der Waals surface area contributed by atoms with E-state index >= 15 is 0 Å². The molecule has 58 valence electrons. The summed E-state index contributed by atoms with van der Waals surface area (Å²) in [5.41, 5.74) is 2.38. The molecule has 0 atom stereocenters. The van der Waals surface area contributed by atoms with Crippen molar-refractivity contribution < 1.29 is 9.97 Å². The van der Waals surface area contributed by atoms with E-state index in [-0.39, 0.29) is 0 Å². The van der Waals surface area contributed by atoms with Gasteiger partial charge in [-0.2, -0.15) is 0 Å². The van der Waals surface area contributed by atoms with E-state index in [0.29, 0.717) is 0 Å². The van der Waals surface area contributed by atoms with E-state index in [9.17, 15) is 0 Å². The third-order valence-electron chi connectivity index (χ3n) is 1.75. The number of hydrogen-bond acceptors (Lipinski definition) is 0. The zero-order valence-electron chi connectivity index (χ0n) is 6.62. The molecule has 0 amide bonds. The summed E-state index contributed by atoms with van der Waals surface area (Å²) in [5, 5.41) is 0. The van der Waals surface area contributed by atoms with Crippen molar-refractivity contribution in [3.63, 3.8) is 0 Å². The monoisotopic (exact) mass is 158 g/mol. The molecule has 2 rings (SSSR count). The van der Waals surface area contributed by atoms with Gasteiger partial charge in [0, 0.05) is 12.1 Å². The maximum atomic E-state index is 3.05. The second kappa shape index (κ2) is 3.13. The fourth-order valence-corrected chi connectivity index (χ4v) is 1.15. The number of nitrogens with one attached hydrogen (secondary N) is 2. The van der Waals surface area contributed by atoms with Gasteiger partial charge in [0.05, 0.1) is 11.1 Å². The van der Waals surface area contributed by atoms with Crippen molar-refractivity contribution in [3.05, 3.63) is 49.1 Å². The normalized spacial score (nSPS) is 9.67. The topological polar surface area (TPSA) is 28.3 Å². The molecular formula is C10H10N2+2. The number of rotatable bonds is 1. The third-order valence-corrected chi connectivity index (χ3v) is 1.75. The molecule has 0 radical (unpaired) electrons. The first-order valence-electron chi connectivity index (χ1n) is 3.89. The van der Waals surface area contributed by atoms with Gasteiger partial charge in [-0.05, 0) is 12.1 Å². The first-order valence-corrected chi connectivity index (χ1v) is 3.89. The summed E-state index contributed by atoms with van der Waals surface area (Å²) in [5.74, 6) is 0. The summed E-state index contributed by atoms with van der Waals surface area (Å²) in [7, 11) is 0. The number of pyridine rings is 2. The molecule has 0 aromatic carbocycles. The minimum Gasteiger partial charge on any atom is -0.217 e. The van der Waals surface area contributed by atoms with E-state index in [2.05, 4.69) is 22.1 Å². The van der Waals surface area contributed by atoms with Gasteiger partial charge in [-0.1, -0.05) is 0 Å². The Morgan fingerprint density at radius 3 is 1.58 bits per heavy atom. The molecule has 0 saturated heterocycles. The highest BCUT2D eigenvalue weighted by Crippen LogP contribution is 2.12. The molecule has 2 N–H and O–H groups in total. The van der Waals surface area contributed by atoms with Crippen LogP contribution in [-0.2, 0) is 0 Å². The summed E-state index contributed by atoms with van der Waals surface area (Å²) < 4.78 is 0. The molecule has 12 heavy (non-hydrogen) atoms. The second-order valence-corrected chi connectivity index (χ2v) is 2.58. The average molecular weight is 158 g/mol. The van der Waals surface area contributed by atoms with Gasteiger partial charge in [-0.3, -0.25) is 0 Å². The molecule has 0 bridgehead atoms. The summed E-state index contributed by atoms with van der Waals surface area (Å²) >= 11 is 0. The average Bonchev–Trinajstić information content (AvgIpc) is 2.21. The van der Waals surface area contributed by atoms with Crippen molar-refractivity contribution >= 4 is 0 Å². The summed E-state index contributed by atoms with van der Waals surface area (Å²) in [6.07, 6.45) is 7.75. The van der Waals surface area contributed by atoms with E-state index in [1.165, 1.54) is 11.1 Å². The van der Waals surface area contributed by atoms with Crippen LogP contribution in [0.25, 0.3) is 11.1 Å². The highest BCUT2D eigenvalue weighted by Gasteiger charge is 1.99. The molecule has 2 aromatic rings. The quantitative estimate of drug-likeness (QED) is 0.592. The van der Waals surface area contributed by atoms with E-state index in [1.807, 2.05) is 36.9 Å². The molecule has 2 heteroatoms. The van der Waals surface area contributed by atoms with Crippen LogP contribution in [0.15, 0.2) is 49.1 Å². The molecule has 2 aromatic heterocycles. The Hall–Kier alpha value is -1.70. The minimum atomic E-state index is 1.19. The fourth-order valence-electron chi connectivity index (χ4n) is 1.15. The van der Waals surface area contributed by atoms with Gasteiger partial charge in [0.15, 0.2) is 24.8 Å². The number of aromatic nitrogens is 2. The lowest BCUT2D eigenvalue weighted by Gasteiger charge is -1.91. The highest BCUT2D eigenvalue weighted by molar-refractivity contribution is 5.59. The molecule has 0 aliphatic heterocycles. The smallest absolute Gasteiger partial charge is 0.175 e. The number of H-pyrrole nitrogens is 2. The van der Waals surface area contributed by atoms with E-state index in [0.717, 1.165) is 0 Å². The van der Waals surface area contributed by atoms with Crippen molar-refractivity contribution in [2.75, 3.05) is 0 Å². The first-order chi connectivity index (χ1) is 5.97. The van der Waals surface area contributed by atoms with Crippen LogP contribution in [0, 0.1) is 0 Å². The van der Waals surface area contributed by atoms with Gasteiger partial charge in [0.1, 0.15) is 0 Å². The Morgan fingerprint density at radius 1 is 0.750 bits per heavy atom. The Bertz CT molecular complexity index is 305. The lowest BCUT2D eigenvalue weighted by atomic mass is 10.1. The van der Waals surface area contributed by atoms with Crippen molar-refractivity contribution in [2.45, 2.75) is 0 Å². The zero-order valence-corrected chi connectivity index (χ0v) is 6.62. The van der Waals surface area contributed by atoms with Crippen molar-refractivity contribution in [1.82, 2.24) is 0 Å². The molecule has 0 aliphatic carbocycles. The number of aromatic amines is 2. The Kier molecular flexibility index (Phi) is 1.82. The molecule has 0 spiro atoms. The summed E-state index contributed by atoms with van der Waals surface area (Å²) in [6, 6.07) is 8.12. The van der Waals surface area contributed by atoms with Gasteiger partial charge in [0.25, 0.3) is 0 Å². The Morgan fingerprint density at radius 2 is 1.25 bits per heavy atom. The van der Waals surface area contributed by atoms with Gasteiger partial charge < -0.3 is 0 Å². The SMILES string of the molecule is c1c[nH+]cc(-c2ccc[nH+]c2)c1. The van der Waals surface area contributed by atoms with E-state index in [4.69, 9.17) is 0 Å². The van der Waals surface area contributed by atoms with Gasteiger partial charge in [-0.15, -0.1) is 0 Å². The van der Waals surface area contributed by atoms with Crippen molar-refractivity contribution in [2.24, 2.45) is 0 Å². The Labute approximate surface area is 70.9 Å². The predicted molar refractivity (Wildman–Crippen MR) is 45.0 cm³/mol.